The van der Waals surface area contributed by atoms with E-state index in [2.05, 4.69) is 10.3 Å². The smallest absolute Gasteiger partial charge is 0.248 e. The van der Waals surface area contributed by atoms with Crippen molar-refractivity contribution < 1.29 is 9.53 Å². The van der Waals surface area contributed by atoms with E-state index >= 15 is 0 Å². The first kappa shape index (κ1) is 17.9. The third-order valence-corrected chi connectivity index (χ3v) is 4.47. The minimum Gasteiger partial charge on any atom is -0.487 e. The molecule has 0 aliphatic carbocycles. The summed E-state index contributed by atoms with van der Waals surface area (Å²) in [5.41, 5.74) is 3.77. The molecule has 132 valence electrons. The van der Waals surface area contributed by atoms with Crippen molar-refractivity contribution in [3.05, 3.63) is 81.8 Å². The number of anilines is 1. The quantitative estimate of drug-likeness (QED) is 0.627. The molecule has 0 unspecified atom stereocenters. The topological polar surface area (TPSA) is 51.2 Å². The zero-order chi connectivity index (χ0) is 18.4. The van der Waals surface area contributed by atoms with E-state index in [0.29, 0.717) is 6.61 Å². The number of rotatable bonds is 6. The van der Waals surface area contributed by atoms with Crippen LogP contribution < -0.4 is 10.1 Å². The van der Waals surface area contributed by atoms with Crippen LogP contribution in [0.2, 0.25) is 0 Å². The molecule has 0 atom stereocenters. The van der Waals surface area contributed by atoms with Crippen molar-refractivity contribution in [3.8, 4) is 5.75 Å². The molecule has 0 fully saturated rings. The van der Waals surface area contributed by atoms with Crippen LogP contribution in [-0.4, -0.2) is 10.9 Å². The van der Waals surface area contributed by atoms with Crippen molar-refractivity contribution in [2.75, 3.05) is 5.32 Å². The maximum absolute atomic E-state index is 12.0. The van der Waals surface area contributed by atoms with Crippen molar-refractivity contribution in [2.45, 2.75) is 20.5 Å². The number of thiazole rings is 1. The van der Waals surface area contributed by atoms with Gasteiger partial charge < -0.3 is 10.1 Å². The molecule has 1 N–H and O–H groups in total. The molecule has 2 aromatic carbocycles. The van der Waals surface area contributed by atoms with Crippen molar-refractivity contribution >= 4 is 29.0 Å². The molecular weight excluding hydrogens is 344 g/mol. The Morgan fingerprint density at radius 3 is 2.69 bits per heavy atom. The fraction of sp³-hybridized carbons (Fsp3) is 0.143. The van der Waals surface area contributed by atoms with Gasteiger partial charge in [0.15, 0.2) is 0 Å². The molecule has 0 saturated heterocycles. The minimum absolute atomic E-state index is 0.158. The van der Waals surface area contributed by atoms with E-state index in [1.807, 2.05) is 67.8 Å². The van der Waals surface area contributed by atoms with E-state index < -0.39 is 0 Å². The van der Waals surface area contributed by atoms with Gasteiger partial charge in [-0.25, -0.2) is 4.98 Å². The number of amides is 1. The fourth-order valence-corrected chi connectivity index (χ4v) is 2.98. The lowest BCUT2D eigenvalue weighted by molar-refractivity contribution is -0.111. The van der Waals surface area contributed by atoms with E-state index in [9.17, 15) is 4.79 Å². The number of carbonyl (C=O) groups excluding carboxylic acids is 1. The highest BCUT2D eigenvalue weighted by Gasteiger charge is 2.01. The fourth-order valence-electron chi connectivity index (χ4n) is 2.39. The molecule has 5 heteroatoms. The summed E-state index contributed by atoms with van der Waals surface area (Å²) < 4.78 is 5.72. The summed E-state index contributed by atoms with van der Waals surface area (Å²) in [6.45, 7) is 4.42. The summed E-state index contributed by atoms with van der Waals surface area (Å²) in [6.07, 6.45) is 3.30. The highest BCUT2D eigenvalue weighted by atomic mass is 32.1. The molecule has 3 rings (SSSR count). The van der Waals surface area contributed by atoms with E-state index in [-0.39, 0.29) is 5.91 Å². The molecule has 0 radical (unpaired) electrons. The molecule has 0 aliphatic rings. The molecule has 3 aromatic rings. The summed E-state index contributed by atoms with van der Waals surface area (Å²) in [5.74, 6) is 0.617. The highest BCUT2D eigenvalue weighted by Crippen LogP contribution is 2.16. The van der Waals surface area contributed by atoms with E-state index in [1.165, 1.54) is 6.08 Å². The van der Waals surface area contributed by atoms with Gasteiger partial charge >= 0.3 is 0 Å². The second kappa shape index (κ2) is 8.45. The molecule has 1 heterocycles. The summed E-state index contributed by atoms with van der Waals surface area (Å²) in [6, 6.07) is 15.3. The molecular formula is C21H20N2O2S. The SMILES string of the molecule is Cc1cccc(NC(=O)/C=C/c2ccc(OCc3csc(C)n3)cc2)c1. The van der Waals surface area contributed by atoms with E-state index in [1.54, 1.807) is 17.4 Å². The van der Waals surface area contributed by atoms with Gasteiger partial charge in [-0.05, 0) is 55.3 Å². The molecule has 26 heavy (non-hydrogen) atoms. The lowest BCUT2D eigenvalue weighted by Gasteiger charge is -2.05. The van der Waals surface area contributed by atoms with Crippen LogP contribution in [-0.2, 0) is 11.4 Å². The number of aryl methyl sites for hydroxylation is 2. The molecule has 0 aliphatic heterocycles. The van der Waals surface area contributed by atoms with Gasteiger partial charge in [-0.15, -0.1) is 11.3 Å². The van der Waals surface area contributed by atoms with Crippen molar-refractivity contribution in [2.24, 2.45) is 0 Å². The maximum Gasteiger partial charge on any atom is 0.248 e. The van der Waals surface area contributed by atoms with Gasteiger partial charge in [0.05, 0.1) is 10.7 Å². The molecule has 0 bridgehead atoms. The predicted octanol–water partition coefficient (Wildman–Crippen LogP) is 4.99. The third kappa shape index (κ3) is 5.29. The Labute approximate surface area is 157 Å². The number of hydrogen-bond donors (Lipinski definition) is 1. The Morgan fingerprint density at radius 1 is 1.19 bits per heavy atom. The van der Waals surface area contributed by atoms with Crippen LogP contribution in [0.25, 0.3) is 6.08 Å². The van der Waals surface area contributed by atoms with Crippen molar-refractivity contribution in [3.63, 3.8) is 0 Å². The van der Waals surface area contributed by atoms with Crippen LogP contribution in [0.15, 0.2) is 60.0 Å². The number of nitrogens with zero attached hydrogens (tertiary/aromatic N) is 1. The number of carbonyl (C=O) groups is 1. The normalized spacial score (nSPS) is 10.8. The number of nitrogens with one attached hydrogen (secondary N) is 1. The minimum atomic E-state index is -0.158. The van der Waals surface area contributed by atoms with Gasteiger partial charge in [0, 0.05) is 17.1 Å². The average molecular weight is 364 g/mol. The second-order valence-electron chi connectivity index (χ2n) is 5.91. The molecule has 1 amide bonds. The zero-order valence-electron chi connectivity index (χ0n) is 14.7. The van der Waals surface area contributed by atoms with E-state index in [0.717, 1.165) is 33.3 Å². The Bertz CT molecular complexity index is 914. The summed E-state index contributed by atoms with van der Waals surface area (Å²) in [5, 5.41) is 5.88. The summed E-state index contributed by atoms with van der Waals surface area (Å²) >= 11 is 1.61. The Morgan fingerprint density at radius 2 is 2.00 bits per heavy atom. The van der Waals surface area contributed by atoms with Crippen molar-refractivity contribution in [1.82, 2.24) is 4.98 Å². The van der Waals surface area contributed by atoms with Crippen molar-refractivity contribution in [1.29, 1.82) is 0 Å². The number of ether oxygens (including phenoxy) is 1. The standard InChI is InChI=1S/C21H20N2O2S/c1-15-4-3-5-18(12-15)23-21(24)11-8-17-6-9-20(10-7-17)25-13-19-14-26-16(2)22-19/h3-12,14H,13H2,1-2H3,(H,23,24)/b11-8+. The van der Waals surface area contributed by atoms with Gasteiger partial charge in [0.2, 0.25) is 5.91 Å². The maximum atomic E-state index is 12.0. The Hall–Kier alpha value is -2.92. The zero-order valence-corrected chi connectivity index (χ0v) is 15.5. The third-order valence-electron chi connectivity index (χ3n) is 3.65. The van der Waals surface area contributed by atoms with Gasteiger partial charge in [0.1, 0.15) is 12.4 Å². The first-order valence-electron chi connectivity index (χ1n) is 8.28. The van der Waals surface area contributed by atoms with Gasteiger partial charge in [0.25, 0.3) is 0 Å². The van der Waals surface area contributed by atoms with Gasteiger partial charge in [-0.2, -0.15) is 0 Å². The second-order valence-corrected chi connectivity index (χ2v) is 6.97. The highest BCUT2D eigenvalue weighted by molar-refractivity contribution is 7.09. The first-order chi connectivity index (χ1) is 12.6. The molecule has 0 saturated carbocycles. The summed E-state index contributed by atoms with van der Waals surface area (Å²) in [4.78, 5) is 16.4. The predicted molar refractivity (Wildman–Crippen MR) is 106 cm³/mol. The summed E-state index contributed by atoms with van der Waals surface area (Å²) in [7, 11) is 0. The number of aromatic nitrogens is 1. The lowest BCUT2D eigenvalue weighted by Crippen LogP contribution is -2.07. The van der Waals surface area contributed by atoms with Crippen LogP contribution in [0.3, 0.4) is 0 Å². The van der Waals surface area contributed by atoms with Gasteiger partial charge in [-0.1, -0.05) is 24.3 Å². The largest absolute Gasteiger partial charge is 0.487 e. The van der Waals surface area contributed by atoms with Crippen LogP contribution >= 0.6 is 11.3 Å². The van der Waals surface area contributed by atoms with Crippen LogP contribution in [0.4, 0.5) is 5.69 Å². The molecule has 4 nitrogen and oxygen atoms in total. The van der Waals surface area contributed by atoms with Crippen LogP contribution in [0, 0.1) is 13.8 Å². The molecule has 0 spiro atoms. The lowest BCUT2D eigenvalue weighted by atomic mass is 10.2. The number of hydrogen-bond acceptors (Lipinski definition) is 4. The average Bonchev–Trinajstić information content (AvgIpc) is 3.04. The van der Waals surface area contributed by atoms with E-state index in [4.69, 9.17) is 4.74 Å². The Kier molecular flexibility index (Phi) is 5.81. The first-order valence-corrected chi connectivity index (χ1v) is 9.16. The molecule has 1 aromatic heterocycles. The Balaban J connectivity index is 1.53. The van der Waals surface area contributed by atoms with Crippen LogP contribution in [0.1, 0.15) is 21.8 Å². The van der Waals surface area contributed by atoms with Crippen LogP contribution in [0.5, 0.6) is 5.75 Å². The number of benzene rings is 2. The monoisotopic (exact) mass is 364 g/mol. The van der Waals surface area contributed by atoms with Gasteiger partial charge in [-0.3, -0.25) is 4.79 Å².